The van der Waals surface area contributed by atoms with Crippen LogP contribution >= 0.6 is 0 Å². The summed E-state index contributed by atoms with van der Waals surface area (Å²) in [6.45, 7) is 0.287. The summed E-state index contributed by atoms with van der Waals surface area (Å²) in [5, 5.41) is 34.9. The fourth-order valence-electron chi connectivity index (χ4n) is 6.87. The number of hydrogen-bond acceptors (Lipinski definition) is 15. The van der Waals surface area contributed by atoms with Gasteiger partial charge in [-0.05, 0) is 90.3 Å². The van der Waals surface area contributed by atoms with Gasteiger partial charge in [0.25, 0.3) is 0 Å². The molecule has 1 aromatic rings. The molecule has 2 heterocycles. The number of nitrogens with zero attached hydrogens (tertiary/aromatic N) is 3. The van der Waals surface area contributed by atoms with Crippen LogP contribution in [0, 0.1) is 0 Å². The van der Waals surface area contributed by atoms with Crippen molar-refractivity contribution in [2.75, 3.05) is 45.8 Å². The van der Waals surface area contributed by atoms with Gasteiger partial charge in [-0.1, -0.05) is 6.08 Å². The molecule has 1 aliphatic rings. The number of aliphatic hydroxyl groups excluding tert-OH is 1. The van der Waals surface area contributed by atoms with Gasteiger partial charge in [-0.3, -0.25) is 38.6 Å². The van der Waals surface area contributed by atoms with Gasteiger partial charge in [-0.25, -0.2) is 9.78 Å². The second-order valence-electron chi connectivity index (χ2n) is 15.7. The summed E-state index contributed by atoms with van der Waals surface area (Å²) in [4.78, 5) is 118. The van der Waals surface area contributed by atoms with E-state index in [1.54, 1.807) is 0 Å². The lowest BCUT2D eigenvalue weighted by Gasteiger charge is -2.30. The average Bonchev–Trinajstić information content (AvgIpc) is 4.00. The van der Waals surface area contributed by atoms with Crippen molar-refractivity contribution in [1.82, 2.24) is 46.8 Å². The Kier molecular flexibility index (Phi) is 26.1. The number of amides is 7. The number of imidazole rings is 1. The largest absolute Gasteiger partial charge is 0.477 e. The number of aliphatic carboxylic acids is 1. The first-order valence-electron chi connectivity index (χ1n) is 22.1. The molecule has 0 aliphatic carbocycles. The van der Waals surface area contributed by atoms with Crippen molar-refractivity contribution >= 4 is 53.3 Å². The second-order valence-corrected chi connectivity index (χ2v) is 15.7. The number of carbonyl (C=O) groups excluding carboxylic acids is 7. The third-order valence-electron chi connectivity index (χ3n) is 10.3. The zero-order chi connectivity index (χ0) is 49.0. The fourth-order valence-corrected chi connectivity index (χ4v) is 6.87. The molecule has 1 unspecified atom stereocenters. The van der Waals surface area contributed by atoms with Gasteiger partial charge in [0.05, 0.1) is 25.4 Å². The van der Waals surface area contributed by atoms with E-state index in [0.717, 1.165) is 0 Å². The summed E-state index contributed by atoms with van der Waals surface area (Å²) in [5.74, 6) is -6.59. The molecule has 1 fully saturated rings. The monoisotopic (exact) mass is 935 g/mol. The van der Waals surface area contributed by atoms with Crippen LogP contribution in [-0.4, -0.2) is 160 Å². The van der Waals surface area contributed by atoms with Gasteiger partial charge in [0, 0.05) is 37.9 Å². The highest BCUT2D eigenvalue weighted by Crippen LogP contribution is 2.20. The van der Waals surface area contributed by atoms with Crippen molar-refractivity contribution in [3.05, 3.63) is 30.0 Å². The molecule has 1 aromatic heterocycles. The molecular weight excluding hydrogens is 865 g/mol. The molecule has 21 N–H and O–H groups in total. The summed E-state index contributed by atoms with van der Waals surface area (Å²) in [7, 11) is 0. The molecule has 0 saturated carbocycles. The number of hydrogen-bond donors (Lipinski definition) is 15. The van der Waals surface area contributed by atoms with Crippen LogP contribution in [0.5, 0.6) is 0 Å². The molecule has 0 spiro atoms. The van der Waals surface area contributed by atoms with Crippen molar-refractivity contribution in [2.45, 2.75) is 120 Å². The predicted octanol–water partition coefficient (Wildman–Crippen LogP) is -5.55. The predicted molar refractivity (Wildman–Crippen MR) is 241 cm³/mol. The lowest BCUT2D eigenvalue weighted by Crippen LogP contribution is -2.58. The van der Waals surface area contributed by atoms with Crippen molar-refractivity contribution in [3.63, 3.8) is 0 Å². The van der Waals surface area contributed by atoms with Crippen molar-refractivity contribution in [1.29, 1.82) is 0 Å². The number of H-pyrrole nitrogens is 1. The number of aliphatic imine (C=N–C) groups is 1. The Bertz CT molecular complexity index is 1790. The summed E-state index contributed by atoms with van der Waals surface area (Å²) >= 11 is 0. The number of aliphatic hydroxyl groups is 1. The lowest BCUT2D eigenvalue weighted by molar-refractivity contribution is -0.142. The summed E-state index contributed by atoms with van der Waals surface area (Å²) in [6.07, 6.45) is 5.76. The molecule has 66 heavy (non-hydrogen) atoms. The Morgan fingerprint density at radius 2 is 1.45 bits per heavy atom. The van der Waals surface area contributed by atoms with E-state index in [-0.39, 0.29) is 83.6 Å². The molecular formula is C40H70N16O10. The Morgan fingerprint density at radius 1 is 0.818 bits per heavy atom. The summed E-state index contributed by atoms with van der Waals surface area (Å²) in [6, 6.07) is -5.85. The maximum atomic E-state index is 14.1. The Morgan fingerprint density at radius 3 is 2.05 bits per heavy atom. The van der Waals surface area contributed by atoms with Crippen LogP contribution in [0.2, 0.25) is 0 Å². The van der Waals surface area contributed by atoms with E-state index in [9.17, 15) is 48.6 Å². The quantitative estimate of drug-likeness (QED) is 0.0139. The average molecular weight is 935 g/mol. The number of nitrogens with one attached hydrogen (secondary N) is 7. The van der Waals surface area contributed by atoms with E-state index in [1.165, 1.54) is 23.5 Å². The standard InChI is InChI=1S/C40H70N16O10/c41-13-3-1-8-26(51-32(58)19-25(57)20-44)34(60)49-22-33(59)52-28(10-5-15-43)38(64)56-17-7-12-31(56)37(63)55-30(18-24-21-47-23-50-24)36(62)53-27(9-2-4-14-42)35(61)54-29(39(65)66)11-6-16-48-40(45)46/h11,21,23,25-28,30-31,57H,1-10,12-20,22,41-44H2,(H,47,50)(H,49,60)(H,51,58)(H,52,59)(H,53,62)(H,54,61)(H,55,63)(H,65,66)(H4,45,46,48)/b29-11-/t25-,26?,27+,28-,30+,31+/m1/s1. The molecule has 1 saturated heterocycles. The highest BCUT2D eigenvalue weighted by atomic mass is 16.4. The van der Waals surface area contributed by atoms with Gasteiger partial charge in [-0.2, -0.15) is 0 Å². The minimum Gasteiger partial charge on any atom is -0.477 e. The Hall–Kier alpha value is -6.22. The zero-order valence-corrected chi connectivity index (χ0v) is 37.3. The summed E-state index contributed by atoms with van der Waals surface area (Å²) in [5.41, 5.74) is 33.0. The van der Waals surface area contributed by atoms with E-state index in [4.69, 9.17) is 34.4 Å². The van der Waals surface area contributed by atoms with Gasteiger partial charge in [0.2, 0.25) is 41.4 Å². The zero-order valence-electron chi connectivity index (χ0n) is 37.3. The van der Waals surface area contributed by atoms with Crippen LogP contribution < -0.4 is 66.3 Å². The molecule has 6 atom stereocenters. The number of guanidine groups is 1. The minimum atomic E-state index is -1.45. The van der Waals surface area contributed by atoms with E-state index in [1.807, 2.05) is 0 Å². The van der Waals surface area contributed by atoms with E-state index in [0.29, 0.717) is 50.8 Å². The molecule has 7 amide bonds. The highest BCUT2D eigenvalue weighted by molar-refractivity contribution is 5.98. The van der Waals surface area contributed by atoms with Gasteiger partial charge in [0.1, 0.15) is 35.9 Å². The number of unbranched alkanes of at least 4 members (excludes halogenated alkanes) is 2. The first-order valence-corrected chi connectivity index (χ1v) is 22.1. The van der Waals surface area contributed by atoms with Gasteiger partial charge < -0.3 is 86.4 Å². The van der Waals surface area contributed by atoms with Crippen molar-refractivity contribution < 1.29 is 48.6 Å². The third-order valence-corrected chi connectivity index (χ3v) is 10.3. The molecule has 1 aliphatic heterocycles. The normalized spacial score (nSPS) is 15.9. The van der Waals surface area contributed by atoms with Crippen LogP contribution in [-0.2, 0) is 44.8 Å². The number of rotatable bonds is 32. The molecule has 26 nitrogen and oxygen atoms in total. The van der Waals surface area contributed by atoms with Gasteiger partial charge in [0.15, 0.2) is 5.96 Å². The third kappa shape index (κ3) is 20.7. The second kappa shape index (κ2) is 30.8. The SMILES string of the molecule is NCCCCC(NC(=O)C[C@@H](O)CN)C(=O)NCC(=O)N[C@H](CCCN)C(=O)N1CCC[C@H]1C(=O)N[C@@H](Cc1cnc[nH]1)C(=O)N[C@@H](CCCCN)C(=O)N/C(=C\CCN=C(N)N)C(=O)O. The first-order chi connectivity index (χ1) is 31.5. The summed E-state index contributed by atoms with van der Waals surface area (Å²) < 4.78 is 0. The number of aromatic nitrogens is 2. The Balaban J connectivity index is 2.25. The van der Waals surface area contributed by atoms with E-state index < -0.39 is 95.9 Å². The Labute approximate surface area is 383 Å². The van der Waals surface area contributed by atoms with Crippen LogP contribution in [0.15, 0.2) is 29.3 Å². The van der Waals surface area contributed by atoms with Crippen molar-refractivity contribution in [2.24, 2.45) is 39.4 Å². The topological polar surface area (TPSA) is 450 Å². The molecule has 0 bridgehead atoms. The smallest absolute Gasteiger partial charge is 0.352 e. The lowest BCUT2D eigenvalue weighted by atomic mass is 10.1. The number of nitrogens with two attached hydrogens (primary N) is 6. The molecule has 26 heteroatoms. The van der Waals surface area contributed by atoms with E-state index in [2.05, 4.69) is 46.9 Å². The molecule has 0 radical (unpaired) electrons. The van der Waals surface area contributed by atoms with Gasteiger partial charge >= 0.3 is 5.97 Å². The van der Waals surface area contributed by atoms with Crippen molar-refractivity contribution in [3.8, 4) is 0 Å². The van der Waals surface area contributed by atoms with Crippen LogP contribution in [0.4, 0.5) is 0 Å². The van der Waals surface area contributed by atoms with Gasteiger partial charge in [-0.15, -0.1) is 0 Å². The molecule has 0 aromatic carbocycles. The maximum absolute atomic E-state index is 14.1. The minimum absolute atomic E-state index is 0.0535. The molecule has 2 rings (SSSR count). The number of carboxylic acids is 1. The first kappa shape index (κ1) is 55.9. The number of likely N-dealkylation sites (tertiary alicyclic amines) is 1. The molecule has 370 valence electrons. The van der Waals surface area contributed by atoms with Crippen LogP contribution in [0.1, 0.15) is 82.7 Å². The van der Waals surface area contributed by atoms with E-state index >= 15 is 0 Å². The fraction of sp³-hybridized carbons (Fsp3) is 0.650. The number of aromatic amines is 1. The highest BCUT2D eigenvalue weighted by Gasteiger charge is 2.39. The maximum Gasteiger partial charge on any atom is 0.352 e. The number of carboxylic acid groups (broad SMARTS) is 1. The van der Waals surface area contributed by atoms with Crippen LogP contribution in [0.25, 0.3) is 0 Å². The van der Waals surface area contributed by atoms with Crippen LogP contribution in [0.3, 0.4) is 0 Å². The number of carbonyl (C=O) groups is 8.